The summed E-state index contributed by atoms with van der Waals surface area (Å²) in [5.41, 5.74) is -0.428. The predicted octanol–water partition coefficient (Wildman–Crippen LogP) is 2.00. The summed E-state index contributed by atoms with van der Waals surface area (Å²) in [6, 6.07) is 5.77. The standard InChI is InChI=1S/C13H15F2NO3/c1-8(11(17)18)9(2)16-12(19)13(14,15)10-6-4-3-5-7-10/h3-9H,1-2H3,(H,16,19)(H,17,18). The number of carboxylic acids is 1. The summed E-state index contributed by atoms with van der Waals surface area (Å²) in [6.07, 6.45) is 0. The summed E-state index contributed by atoms with van der Waals surface area (Å²) in [6.45, 7) is 2.71. The fraction of sp³-hybridized carbons (Fsp3) is 0.385. The van der Waals surface area contributed by atoms with E-state index in [1.54, 1.807) is 6.07 Å². The smallest absolute Gasteiger partial charge is 0.349 e. The molecule has 0 aliphatic carbocycles. The molecule has 0 saturated carbocycles. The van der Waals surface area contributed by atoms with E-state index in [-0.39, 0.29) is 0 Å². The van der Waals surface area contributed by atoms with Gasteiger partial charge in [-0.25, -0.2) is 0 Å². The third-order valence-electron chi connectivity index (χ3n) is 2.92. The molecule has 104 valence electrons. The highest BCUT2D eigenvalue weighted by molar-refractivity contribution is 5.85. The normalized spacial score (nSPS) is 14.5. The molecule has 4 nitrogen and oxygen atoms in total. The fourth-order valence-electron chi connectivity index (χ4n) is 1.41. The maximum absolute atomic E-state index is 13.8. The number of benzene rings is 1. The Kier molecular flexibility index (Phi) is 4.58. The van der Waals surface area contributed by atoms with Gasteiger partial charge in [0.15, 0.2) is 0 Å². The number of carbonyl (C=O) groups excluding carboxylic acids is 1. The molecule has 1 amide bonds. The van der Waals surface area contributed by atoms with Gasteiger partial charge in [0.1, 0.15) is 0 Å². The van der Waals surface area contributed by atoms with Crippen LogP contribution in [0.25, 0.3) is 0 Å². The molecule has 1 aromatic rings. The number of hydrogen-bond acceptors (Lipinski definition) is 2. The van der Waals surface area contributed by atoms with E-state index in [1.165, 1.54) is 26.0 Å². The lowest BCUT2D eigenvalue weighted by Crippen LogP contribution is -2.46. The van der Waals surface area contributed by atoms with Crippen molar-refractivity contribution in [2.45, 2.75) is 25.8 Å². The molecule has 0 saturated heterocycles. The highest BCUT2D eigenvalue weighted by atomic mass is 19.3. The van der Waals surface area contributed by atoms with Crippen LogP contribution in [0, 0.1) is 5.92 Å². The Hall–Kier alpha value is -1.98. The van der Waals surface area contributed by atoms with Gasteiger partial charge < -0.3 is 10.4 Å². The van der Waals surface area contributed by atoms with Gasteiger partial charge in [-0.15, -0.1) is 0 Å². The van der Waals surface area contributed by atoms with E-state index in [0.717, 1.165) is 12.1 Å². The molecule has 1 aromatic carbocycles. The van der Waals surface area contributed by atoms with Crippen LogP contribution in [-0.4, -0.2) is 23.0 Å². The molecule has 0 heterocycles. The second-order valence-electron chi connectivity index (χ2n) is 4.33. The Balaban J connectivity index is 2.80. The lowest BCUT2D eigenvalue weighted by molar-refractivity contribution is -0.149. The molecule has 19 heavy (non-hydrogen) atoms. The molecule has 6 heteroatoms. The molecular weight excluding hydrogens is 256 g/mol. The molecule has 0 fully saturated rings. The van der Waals surface area contributed by atoms with Crippen molar-refractivity contribution in [3.63, 3.8) is 0 Å². The minimum absolute atomic E-state index is 0.428. The number of halogens is 2. The Morgan fingerprint density at radius 3 is 2.21 bits per heavy atom. The van der Waals surface area contributed by atoms with Gasteiger partial charge >= 0.3 is 11.9 Å². The van der Waals surface area contributed by atoms with Crippen LogP contribution in [0.3, 0.4) is 0 Å². The van der Waals surface area contributed by atoms with Crippen LogP contribution >= 0.6 is 0 Å². The Morgan fingerprint density at radius 1 is 1.21 bits per heavy atom. The highest BCUT2D eigenvalue weighted by Gasteiger charge is 2.41. The summed E-state index contributed by atoms with van der Waals surface area (Å²) >= 11 is 0. The molecule has 2 N–H and O–H groups in total. The molecule has 2 unspecified atom stereocenters. The van der Waals surface area contributed by atoms with E-state index in [9.17, 15) is 18.4 Å². The second kappa shape index (κ2) is 5.77. The van der Waals surface area contributed by atoms with Crippen LogP contribution in [0.15, 0.2) is 30.3 Å². The predicted molar refractivity (Wildman–Crippen MR) is 64.7 cm³/mol. The second-order valence-corrected chi connectivity index (χ2v) is 4.33. The monoisotopic (exact) mass is 271 g/mol. The molecule has 1 rings (SSSR count). The first-order valence-electron chi connectivity index (χ1n) is 5.74. The van der Waals surface area contributed by atoms with E-state index in [0.29, 0.717) is 0 Å². The van der Waals surface area contributed by atoms with Crippen LogP contribution in [-0.2, 0) is 15.5 Å². The van der Waals surface area contributed by atoms with Crippen molar-refractivity contribution in [3.05, 3.63) is 35.9 Å². The molecule has 0 bridgehead atoms. The fourth-order valence-corrected chi connectivity index (χ4v) is 1.41. The van der Waals surface area contributed by atoms with E-state index < -0.39 is 35.3 Å². The van der Waals surface area contributed by atoms with Crippen molar-refractivity contribution < 1.29 is 23.5 Å². The molecule has 0 aliphatic heterocycles. The van der Waals surface area contributed by atoms with Crippen LogP contribution < -0.4 is 5.32 Å². The SMILES string of the molecule is CC(NC(=O)C(F)(F)c1ccccc1)C(C)C(=O)O. The van der Waals surface area contributed by atoms with Crippen molar-refractivity contribution in [2.24, 2.45) is 5.92 Å². The number of hydrogen-bond donors (Lipinski definition) is 2. The van der Waals surface area contributed by atoms with Gasteiger partial charge in [-0.1, -0.05) is 30.3 Å². The lowest BCUT2D eigenvalue weighted by Gasteiger charge is -2.22. The van der Waals surface area contributed by atoms with Gasteiger partial charge in [-0.2, -0.15) is 8.78 Å². The molecule has 0 radical (unpaired) electrons. The van der Waals surface area contributed by atoms with E-state index in [4.69, 9.17) is 5.11 Å². The van der Waals surface area contributed by atoms with Gasteiger partial charge in [0, 0.05) is 11.6 Å². The number of rotatable bonds is 5. The van der Waals surface area contributed by atoms with Gasteiger partial charge in [-0.05, 0) is 13.8 Å². The number of alkyl halides is 2. The van der Waals surface area contributed by atoms with Crippen molar-refractivity contribution >= 4 is 11.9 Å². The third kappa shape index (κ3) is 3.49. The number of amides is 1. The zero-order valence-electron chi connectivity index (χ0n) is 10.6. The minimum Gasteiger partial charge on any atom is -0.481 e. The topological polar surface area (TPSA) is 66.4 Å². The molecule has 0 spiro atoms. The summed E-state index contributed by atoms with van der Waals surface area (Å²) in [5, 5.41) is 10.8. The van der Waals surface area contributed by atoms with Gasteiger partial charge in [0.25, 0.3) is 5.91 Å². The van der Waals surface area contributed by atoms with Crippen molar-refractivity contribution in [2.75, 3.05) is 0 Å². The Labute approximate surface area is 109 Å². The minimum atomic E-state index is -3.69. The Morgan fingerprint density at radius 2 is 1.74 bits per heavy atom. The Bertz CT molecular complexity index is 462. The average molecular weight is 271 g/mol. The van der Waals surface area contributed by atoms with Crippen LogP contribution in [0.5, 0.6) is 0 Å². The third-order valence-corrected chi connectivity index (χ3v) is 2.92. The number of nitrogens with one attached hydrogen (secondary N) is 1. The van der Waals surface area contributed by atoms with Crippen molar-refractivity contribution in [1.82, 2.24) is 5.32 Å². The molecular formula is C13H15F2NO3. The zero-order chi connectivity index (χ0) is 14.6. The molecule has 0 aromatic heterocycles. The van der Waals surface area contributed by atoms with Crippen molar-refractivity contribution in [3.8, 4) is 0 Å². The van der Waals surface area contributed by atoms with Gasteiger partial charge in [0.2, 0.25) is 0 Å². The van der Waals surface area contributed by atoms with Gasteiger partial charge in [-0.3, -0.25) is 9.59 Å². The highest BCUT2D eigenvalue weighted by Crippen LogP contribution is 2.28. The lowest BCUT2D eigenvalue weighted by atomic mass is 10.0. The largest absolute Gasteiger partial charge is 0.481 e. The summed E-state index contributed by atoms with van der Waals surface area (Å²) in [4.78, 5) is 22.3. The maximum atomic E-state index is 13.8. The summed E-state index contributed by atoms with van der Waals surface area (Å²) < 4.78 is 27.6. The average Bonchev–Trinajstić information content (AvgIpc) is 2.38. The van der Waals surface area contributed by atoms with E-state index in [1.807, 2.05) is 5.32 Å². The van der Waals surface area contributed by atoms with E-state index in [2.05, 4.69) is 0 Å². The quantitative estimate of drug-likeness (QED) is 0.860. The first-order chi connectivity index (χ1) is 8.76. The van der Waals surface area contributed by atoms with Gasteiger partial charge in [0.05, 0.1) is 5.92 Å². The maximum Gasteiger partial charge on any atom is 0.349 e. The first-order valence-corrected chi connectivity index (χ1v) is 5.74. The number of carbonyl (C=O) groups is 2. The zero-order valence-corrected chi connectivity index (χ0v) is 10.6. The summed E-state index contributed by atoms with van der Waals surface area (Å²) in [5.74, 6) is -7.29. The molecule has 2 atom stereocenters. The molecule has 0 aliphatic rings. The van der Waals surface area contributed by atoms with Crippen LogP contribution in [0.1, 0.15) is 19.4 Å². The van der Waals surface area contributed by atoms with E-state index >= 15 is 0 Å². The van der Waals surface area contributed by atoms with Crippen LogP contribution in [0.2, 0.25) is 0 Å². The summed E-state index contributed by atoms with van der Waals surface area (Å²) in [7, 11) is 0. The van der Waals surface area contributed by atoms with Crippen LogP contribution in [0.4, 0.5) is 8.78 Å². The van der Waals surface area contributed by atoms with Crippen molar-refractivity contribution in [1.29, 1.82) is 0 Å². The number of aliphatic carboxylic acids is 1. The first kappa shape index (κ1) is 15.1. The number of carboxylic acid groups (broad SMARTS) is 1.